The van der Waals surface area contributed by atoms with Crippen LogP contribution in [0.4, 0.5) is 10.2 Å². The van der Waals surface area contributed by atoms with Crippen molar-refractivity contribution >= 4 is 23.7 Å². The lowest BCUT2D eigenvalue weighted by Crippen LogP contribution is -2.41. The van der Waals surface area contributed by atoms with Crippen LogP contribution in [-0.4, -0.2) is 110 Å². The number of methoxy groups -OCH3 is 9. The van der Waals surface area contributed by atoms with Crippen LogP contribution in [0.25, 0.3) is 0 Å². The fourth-order valence-electron chi connectivity index (χ4n) is 6.20. The zero-order chi connectivity index (χ0) is 43.1. The number of hydrogen-bond donors (Lipinski definition) is 1. The van der Waals surface area contributed by atoms with Gasteiger partial charge < -0.3 is 62.2 Å². The van der Waals surface area contributed by atoms with Gasteiger partial charge in [-0.2, -0.15) is 4.98 Å². The van der Waals surface area contributed by atoms with Gasteiger partial charge in [0.25, 0.3) is 5.91 Å². The van der Waals surface area contributed by atoms with Crippen molar-refractivity contribution in [1.82, 2.24) is 9.55 Å². The van der Waals surface area contributed by atoms with Crippen LogP contribution in [0.3, 0.4) is 0 Å². The van der Waals surface area contributed by atoms with Crippen LogP contribution >= 0.6 is 0 Å². The molecule has 1 saturated heterocycles. The van der Waals surface area contributed by atoms with E-state index in [1.807, 2.05) is 0 Å². The first-order valence-corrected chi connectivity index (χ1v) is 17.4. The first-order chi connectivity index (χ1) is 28.3. The molecule has 0 aliphatic carbocycles. The molecule has 1 N–H and O–H groups in total. The van der Waals surface area contributed by atoms with E-state index >= 15 is 4.39 Å². The average Bonchev–Trinajstić information content (AvgIpc) is 3.55. The van der Waals surface area contributed by atoms with Gasteiger partial charge in [0.2, 0.25) is 17.2 Å². The van der Waals surface area contributed by atoms with Gasteiger partial charge in [0.15, 0.2) is 64.6 Å². The van der Waals surface area contributed by atoms with Crippen LogP contribution in [0.5, 0.6) is 51.7 Å². The number of benzene rings is 3. The van der Waals surface area contributed by atoms with E-state index in [1.54, 1.807) is 0 Å². The molecule has 5 rings (SSSR count). The molecule has 316 valence electrons. The normalized spacial score (nSPS) is 16.9. The minimum atomic E-state index is -1.64. The predicted molar refractivity (Wildman–Crippen MR) is 203 cm³/mol. The fraction of sp³-hybridized carbons (Fsp3) is 0.359. The number of esters is 2. The third-order valence-electron chi connectivity index (χ3n) is 9.05. The van der Waals surface area contributed by atoms with Gasteiger partial charge in [-0.15, -0.1) is 0 Å². The predicted octanol–water partition coefficient (Wildman–Crippen LogP) is 4.08. The molecule has 0 unspecified atom stereocenters. The maximum Gasteiger partial charge on any atom is 0.351 e. The van der Waals surface area contributed by atoms with E-state index in [4.69, 9.17) is 56.8 Å². The molecule has 4 aromatic rings. The number of carbonyl (C=O) groups excluding carboxylic acids is 3. The van der Waals surface area contributed by atoms with Gasteiger partial charge in [0, 0.05) is 5.56 Å². The third-order valence-corrected chi connectivity index (χ3v) is 9.05. The summed E-state index contributed by atoms with van der Waals surface area (Å²) in [5.41, 5.74) is -1.35. The molecule has 1 aromatic heterocycles. The number of halogens is 1. The Morgan fingerprint density at radius 2 is 0.983 bits per heavy atom. The van der Waals surface area contributed by atoms with Gasteiger partial charge in [-0.3, -0.25) is 9.36 Å². The molecule has 0 bridgehead atoms. The van der Waals surface area contributed by atoms with Crippen molar-refractivity contribution in [3.63, 3.8) is 0 Å². The zero-order valence-corrected chi connectivity index (χ0v) is 33.7. The number of nitrogens with zero attached hydrogens (tertiary/aromatic N) is 2. The highest BCUT2D eigenvalue weighted by molar-refractivity contribution is 6.04. The minimum absolute atomic E-state index is 0.0478. The van der Waals surface area contributed by atoms with Crippen molar-refractivity contribution in [2.45, 2.75) is 31.5 Å². The number of carbonyl (C=O) groups is 3. The average molecular weight is 828 g/mol. The van der Waals surface area contributed by atoms with Gasteiger partial charge in [0.1, 0.15) is 0 Å². The number of ether oxygens (including phenoxy) is 12. The summed E-state index contributed by atoms with van der Waals surface area (Å²) in [6.45, 7) is 1.48. The van der Waals surface area contributed by atoms with Gasteiger partial charge in [-0.05, 0) is 43.3 Å². The highest BCUT2D eigenvalue weighted by Crippen LogP contribution is 2.42. The lowest BCUT2D eigenvalue weighted by molar-refractivity contribution is -0.0513. The number of anilines is 1. The van der Waals surface area contributed by atoms with E-state index in [-0.39, 0.29) is 68.4 Å². The molecule has 0 radical (unpaired) electrons. The number of amides is 1. The Hall–Kier alpha value is -6.96. The SMILES string of the molecule is COc1cc(C(=O)Nc2nc(=O)n([C@@H]3O[C@H](C)[C@@H](OC(=O)c4cc(OC)c(OC)c(OC)c4)[C@H]3OC(=O)c3cc(OC)c(OC)c(OC)c3)cc2F)cc(OC)c1OC. The molecule has 19 nitrogen and oxygen atoms in total. The van der Waals surface area contributed by atoms with Crippen molar-refractivity contribution in [3.8, 4) is 51.7 Å². The second-order valence-corrected chi connectivity index (χ2v) is 12.3. The van der Waals surface area contributed by atoms with Crippen molar-refractivity contribution in [2.75, 3.05) is 69.3 Å². The molecule has 3 aromatic carbocycles. The lowest BCUT2D eigenvalue weighted by Gasteiger charge is -2.25. The molecule has 2 heterocycles. The van der Waals surface area contributed by atoms with Crippen molar-refractivity contribution < 1.29 is 75.6 Å². The Morgan fingerprint density at radius 1 is 0.610 bits per heavy atom. The number of nitrogens with one attached hydrogen (secondary N) is 1. The summed E-state index contributed by atoms with van der Waals surface area (Å²) in [6, 6.07) is 7.94. The standard InChI is InChI=1S/C39H42FN3O16/c1-18-29(58-37(45)20-13-25(50-4)31(55-9)26(14-20)51-5)33(59-38(46)21-15-27(52-6)32(56-10)28(16-21)53-7)36(57-18)43-17-22(40)34(42-39(43)47)41-35(44)19-11-23(48-2)30(54-8)24(12-19)49-3/h11-18,29,33,36H,1-10H3,(H,41,42,44,47)/t18-,29-,33-,36-/m1/s1. The molecule has 1 fully saturated rings. The molecule has 4 atom stereocenters. The summed E-state index contributed by atoms with van der Waals surface area (Å²) in [5.74, 6) is -3.38. The molecule has 20 heteroatoms. The highest BCUT2D eigenvalue weighted by atomic mass is 19.1. The van der Waals surface area contributed by atoms with E-state index in [9.17, 15) is 19.2 Å². The minimum Gasteiger partial charge on any atom is -0.493 e. The lowest BCUT2D eigenvalue weighted by atomic mass is 10.1. The van der Waals surface area contributed by atoms with Crippen molar-refractivity contribution in [1.29, 1.82) is 0 Å². The number of aromatic nitrogens is 2. The monoisotopic (exact) mass is 827 g/mol. The Labute approximate surface area is 336 Å². The molecule has 1 amide bonds. The van der Waals surface area contributed by atoms with E-state index in [0.29, 0.717) is 10.8 Å². The van der Waals surface area contributed by atoms with Crippen LogP contribution < -0.4 is 53.6 Å². The van der Waals surface area contributed by atoms with E-state index in [1.165, 1.54) is 107 Å². The Morgan fingerprint density at radius 3 is 1.36 bits per heavy atom. The summed E-state index contributed by atoms with van der Waals surface area (Å²) >= 11 is 0. The zero-order valence-electron chi connectivity index (χ0n) is 33.7. The van der Waals surface area contributed by atoms with Gasteiger partial charge in [-0.25, -0.2) is 18.8 Å². The molecular formula is C39H42FN3O16. The van der Waals surface area contributed by atoms with E-state index in [0.717, 1.165) is 0 Å². The van der Waals surface area contributed by atoms with Crippen LogP contribution in [0.15, 0.2) is 47.4 Å². The Bertz CT molecular complexity index is 2210. The molecule has 1 aliphatic rings. The largest absolute Gasteiger partial charge is 0.493 e. The van der Waals surface area contributed by atoms with Crippen LogP contribution in [0, 0.1) is 5.82 Å². The summed E-state index contributed by atoms with van der Waals surface area (Å²) < 4.78 is 82.4. The van der Waals surface area contributed by atoms with Crippen LogP contribution in [0.2, 0.25) is 0 Å². The highest BCUT2D eigenvalue weighted by Gasteiger charge is 2.50. The second kappa shape index (κ2) is 18.5. The van der Waals surface area contributed by atoms with Gasteiger partial charge in [-0.1, -0.05) is 0 Å². The van der Waals surface area contributed by atoms with Gasteiger partial charge >= 0.3 is 17.6 Å². The first-order valence-electron chi connectivity index (χ1n) is 17.4. The van der Waals surface area contributed by atoms with Crippen molar-refractivity contribution in [2.24, 2.45) is 0 Å². The quantitative estimate of drug-likeness (QED) is 0.158. The summed E-state index contributed by atoms with van der Waals surface area (Å²) in [6.07, 6.45) is -5.07. The van der Waals surface area contributed by atoms with Crippen LogP contribution in [0.1, 0.15) is 44.2 Å². The van der Waals surface area contributed by atoms with E-state index < -0.39 is 59.7 Å². The Kier molecular flexibility index (Phi) is 13.6. The Balaban J connectivity index is 1.53. The number of hydrogen-bond acceptors (Lipinski definition) is 17. The number of rotatable bonds is 16. The fourth-order valence-corrected chi connectivity index (χ4v) is 6.20. The smallest absolute Gasteiger partial charge is 0.351 e. The maximum atomic E-state index is 15.9. The second-order valence-electron chi connectivity index (χ2n) is 12.3. The topological polar surface area (TPSA) is 209 Å². The summed E-state index contributed by atoms with van der Waals surface area (Å²) in [7, 11) is 12.2. The molecule has 59 heavy (non-hydrogen) atoms. The first kappa shape index (κ1) is 43.2. The van der Waals surface area contributed by atoms with Crippen molar-refractivity contribution in [3.05, 3.63) is 75.6 Å². The maximum absolute atomic E-state index is 15.9. The summed E-state index contributed by atoms with van der Waals surface area (Å²) in [5, 5.41) is 2.26. The van der Waals surface area contributed by atoms with Gasteiger partial charge in [0.05, 0.1) is 87.4 Å². The van der Waals surface area contributed by atoms with E-state index in [2.05, 4.69) is 10.3 Å². The molecular weight excluding hydrogens is 785 g/mol. The third kappa shape index (κ3) is 8.66. The molecule has 0 spiro atoms. The summed E-state index contributed by atoms with van der Waals surface area (Å²) in [4.78, 5) is 58.3. The molecule has 0 saturated carbocycles. The van der Waals surface area contributed by atoms with Crippen LogP contribution in [-0.2, 0) is 14.2 Å². The molecule has 1 aliphatic heterocycles.